The number of benzene rings is 8. The van der Waals surface area contributed by atoms with Crippen LogP contribution in [0.25, 0.3) is 98.3 Å². The fourth-order valence-corrected chi connectivity index (χ4v) is 7.60. The summed E-state index contributed by atoms with van der Waals surface area (Å²) in [6.45, 7) is 0. The zero-order chi connectivity index (χ0) is 30.2. The largest absolute Gasteiger partial charge is 0.264 e. The molecule has 0 saturated carbocycles. The Kier molecular flexibility index (Phi) is 5.31. The minimum absolute atomic E-state index is 0.992. The second kappa shape index (κ2) is 9.69. The Morgan fingerprint density at radius 1 is 0.370 bits per heavy atom. The van der Waals surface area contributed by atoms with Gasteiger partial charge in [-0.3, -0.25) is 4.98 Å². The molecule has 2 heteroatoms. The van der Waals surface area contributed by atoms with Crippen LogP contribution in [0.4, 0.5) is 0 Å². The van der Waals surface area contributed by atoms with Crippen molar-refractivity contribution in [1.82, 2.24) is 9.97 Å². The van der Waals surface area contributed by atoms with E-state index in [0.717, 1.165) is 33.1 Å². The van der Waals surface area contributed by atoms with E-state index < -0.39 is 0 Å². The molecule has 0 aliphatic carbocycles. The number of nitrogens with zero attached hydrogens (tertiary/aromatic N) is 2. The van der Waals surface area contributed by atoms with E-state index >= 15 is 0 Å². The van der Waals surface area contributed by atoms with Gasteiger partial charge in [0.05, 0.1) is 11.2 Å². The Hall–Kier alpha value is -6.12. The van der Waals surface area contributed by atoms with Crippen molar-refractivity contribution in [3.05, 3.63) is 158 Å². The number of rotatable bonds is 3. The maximum atomic E-state index is 5.45. The topological polar surface area (TPSA) is 25.8 Å². The van der Waals surface area contributed by atoms with Crippen LogP contribution < -0.4 is 0 Å². The molecule has 0 aliphatic rings. The van der Waals surface area contributed by atoms with Crippen molar-refractivity contribution in [2.75, 3.05) is 0 Å². The van der Waals surface area contributed by atoms with Gasteiger partial charge in [0.15, 0.2) is 0 Å². The molecule has 2 aromatic heterocycles. The Bertz CT molecular complexity index is 2770. The molecule has 10 aromatic rings. The third-order valence-corrected chi connectivity index (χ3v) is 9.66. The van der Waals surface area contributed by atoms with E-state index in [9.17, 15) is 0 Å². The van der Waals surface area contributed by atoms with Gasteiger partial charge in [-0.25, -0.2) is 4.98 Å². The normalized spacial score (nSPS) is 11.9. The molecule has 8 aromatic carbocycles. The van der Waals surface area contributed by atoms with Gasteiger partial charge in [0, 0.05) is 39.7 Å². The van der Waals surface area contributed by atoms with Crippen LogP contribution >= 0.6 is 0 Å². The van der Waals surface area contributed by atoms with Gasteiger partial charge >= 0.3 is 0 Å². The third kappa shape index (κ3) is 3.65. The summed E-state index contributed by atoms with van der Waals surface area (Å²) in [5.41, 5.74) is 7.76. The molecule has 0 spiro atoms. The highest BCUT2D eigenvalue weighted by Gasteiger charge is 2.18. The molecule has 46 heavy (non-hydrogen) atoms. The summed E-state index contributed by atoms with van der Waals surface area (Å²) in [4.78, 5) is 9.90. The average Bonchev–Trinajstić information content (AvgIpc) is 3.13. The number of fused-ring (bicyclic) bond motifs is 5. The minimum Gasteiger partial charge on any atom is -0.264 e. The van der Waals surface area contributed by atoms with Crippen molar-refractivity contribution in [1.29, 1.82) is 0 Å². The summed E-state index contributed by atoms with van der Waals surface area (Å²) in [7, 11) is 0. The van der Waals surface area contributed by atoms with Crippen LogP contribution in [0.15, 0.2) is 158 Å². The van der Waals surface area contributed by atoms with E-state index in [-0.39, 0.29) is 0 Å². The average molecular weight is 583 g/mol. The van der Waals surface area contributed by atoms with Crippen molar-refractivity contribution in [2.45, 2.75) is 0 Å². The number of pyridine rings is 2. The lowest BCUT2D eigenvalue weighted by atomic mass is 9.88. The third-order valence-electron chi connectivity index (χ3n) is 9.66. The molecule has 2 nitrogen and oxygen atoms in total. The molecule has 2 heterocycles. The predicted octanol–water partition coefficient (Wildman–Crippen LogP) is 11.8. The van der Waals surface area contributed by atoms with E-state index in [2.05, 4.69) is 145 Å². The molecule has 0 aliphatic heterocycles. The van der Waals surface area contributed by atoms with E-state index in [0.29, 0.717) is 0 Å². The smallest absolute Gasteiger partial charge is 0.0788 e. The summed E-state index contributed by atoms with van der Waals surface area (Å²) < 4.78 is 0. The number of hydrogen-bond donors (Lipinski definition) is 0. The van der Waals surface area contributed by atoms with Crippen LogP contribution in [0.5, 0.6) is 0 Å². The van der Waals surface area contributed by atoms with Gasteiger partial charge in [0.2, 0.25) is 0 Å². The van der Waals surface area contributed by atoms with Crippen LogP contribution in [0.1, 0.15) is 0 Å². The second-order valence-corrected chi connectivity index (χ2v) is 12.2. The van der Waals surface area contributed by atoms with Gasteiger partial charge in [0.25, 0.3) is 0 Å². The molecule has 0 N–H and O–H groups in total. The lowest BCUT2D eigenvalue weighted by Crippen LogP contribution is -1.94. The first-order chi connectivity index (χ1) is 22.8. The fraction of sp³-hybridized carbons (Fsp3) is 0. The molecule has 0 saturated heterocycles. The molecule has 0 fully saturated rings. The van der Waals surface area contributed by atoms with E-state index in [1.54, 1.807) is 0 Å². The Balaban J connectivity index is 1.30. The van der Waals surface area contributed by atoms with Crippen molar-refractivity contribution in [3.8, 4) is 33.5 Å². The highest BCUT2D eigenvalue weighted by atomic mass is 14.7. The molecule has 0 bridgehead atoms. The first-order valence-corrected chi connectivity index (χ1v) is 15.7. The number of aromatic nitrogens is 2. The van der Waals surface area contributed by atoms with Gasteiger partial charge in [-0.2, -0.15) is 0 Å². The summed E-state index contributed by atoms with van der Waals surface area (Å²) in [5, 5.41) is 13.8. The highest BCUT2D eigenvalue weighted by Crippen LogP contribution is 2.44. The highest BCUT2D eigenvalue weighted by molar-refractivity contribution is 6.27. The quantitative estimate of drug-likeness (QED) is 0.194. The van der Waals surface area contributed by atoms with Crippen molar-refractivity contribution >= 4 is 64.8 Å². The zero-order valence-electron chi connectivity index (χ0n) is 24.9. The van der Waals surface area contributed by atoms with Gasteiger partial charge < -0.3 is 0 Å². The minimum atomic E-state index is 0.992. The number of hydrogen-bond acceptors (Lipinski definition) is 2. The molecule has 0 atom stereocenters. The zero-order valence-corrected chi connectivity index (χ0v) is 24.9. The Labute approximate surface area is 265 Å². The van der Waals surface area contributed by atoms with Gasteiger partial charge in [0.1, 0.15) is 0 Å². The first kappa shape index (κ1) is 25.2. The summed E-state index contributed by atoms with van der Waals surface area (Å²) in [6.07, 6.45) is 3.78. The van der Waals surface area contributed by atoms with Crippen molar-refractivity contribution < 1.29 is 0 Å². The monoisotopic (exact) mass is 582 g/mol. The molecule has 0 amide bonds. The second-order valence-electron chi connectivity index (χ2n) is 12.2. The predicted molar refractivity (Wildman–Crippen MR) is 195 cm³/mol. The van der Waals surface area contributed by atoms with E-state index in [1.165, 1.54) is 65.2 Å². The first-order valence-electron chi connectivity index (χ1n) is 15.7. The van der Waals surface area contributed by atoms with Crippen LogP contribution in [0.3, 0.4) is 0 Å². The lowest BCUT2D eigenvalue weighted by molar-refractivity contribution is 1.33. The summed E-state index contributed by atoms with van der Waals surface area (Å²) in [6, 6.07) is 52.8. The molecular formula is C44H26N2. The van der Waals surface area contributed by atoms with E-state index in [4.69, 9.17) is 4.98 Å². The van der Waals surface area contributed by atoms with Gasteiger partial charge in [-0.1, -0.05) is 127 Å². The van der Waals surface area contributed by atoms with Gasteiger partial charge in [-0.15, -0.1) is 0 Å². The standard InChI is InChI=1S/C44H26N2/c1-2-8-30(9-3-1)44-39-25-38(32-12-7-23-45-26-32)34-13-4-5-14-35(34)43(39)37-22-19-31(24-40(37)46-44)33-20-17-29-16-15-27-10-6-11-28-18-21-36(33)42(29)41(27)28/h1-26H. The molecule has 0 unspecified atom stereocenters. The Morgan fingerprint density at radius 3 is 1.91 bits per heavy atom. The lowest BCUT2D eigenvalue weighted by Gasteiger charge is -2.17. The maximum Gasteiger partial charge on any atom is 0.0788 e. The molecule has 0 radical (unpaired) electrons. The molecule has 10 rings (SSSR count). The maximum absolute atomic E-state index is 5.45. The molecular weight excluding hydrogens is 556 g/mol. The SMILES string of the molecule is c1ccc(-c2nc3cc(-c4ccc5ccc6cccc7ccc4c5c67)ccc3c3c2cc(-c2cccnc2)c2ccccc23)cc1. The van der Waals surface area contributed by atoms with Crippen molar-refractivity contribution in [3.63, 3.8) is 0 Å². The van der Waals surface area contributed by atoms with Gasteiger partial charge in [-0.05, 0) is 78.0 Å². The van der Waals surface area contributed by atoms with Crippen LogP contribution in [-0.4, -0.2) is 9.97 Å². The van der Waals surface area contributed by atoms with Crippen LogP contribution in [-0.2, 0) is 0 Å². The summed E-state index contributed by atoms with van der Waals surface area (Å²) >= 11 is 0. The Morgan fingerprint density at radius 2 is 1.09 bits per heavy atom. The molecule has 212 valence electrons. The van der Waals surface area contributed by atoms with Crippen molar-refractivity contribution in [2.24, 2.45) is 0 Å². The van der Waals surface area contributed by atoms with Crippen LogP contribution in [0, 0.1) is 0 Å². The fourth-order valence-electron chi connectivity index (χ4n) is 7.60. The summed E-state index contributed by atoms with van der Waals surface area (Å²) in [5.74, 6) is 0. The van der Waals surface area contributed by atoms with Crippen LogP contribution in [0.2, 0.25) is 0 Å². The van der Waals surface area contributed by atoms with E-state index in [1.807, 2.05) is 18.5 Å².